The Bertz CT molecular complexity index is 740. The number of carbonyl (C=O) groups is 1. The maximum atomic E-state index is 11.0. The zero-order chi connectivity index (χ0) is 21.1. The highest BCUT2D eigenvalue weighted by atomic mass is 35.5. The van der Waals surface area contributed by atoms with Crippen LogP contribution in [0.15, 0.2) is 12.1 Å². The Morgan fingerprint density at radius 1 is 1.50 bits per heavy atom. The lowest BCUT2D eigenvalue weighted by Gasteiger charge is -2.32. The largest absolute Gasteiger partial charge is 0.490 e. The van der Waals surface area contributed by atoms with Crippen molar-refractivity contribution in [3.05, 3.63) is 32.8 Å². The topological polar surface area (TPSA) is 122 Å². The van der Waals surface area contributed by atoms with Gasteiger partial charge in [0.15, 0.2) is 0 Å². The second-order valence-electron chi connectivity index (χ2n) is 8.18. The predicted octanol–water partition coefficient (Wildman–Crippen LogP) is 2.75. The molecule has 2 atom stereocenters. The van der Waals surface area contributed by atoms with Gasteiger partial charge in [-0.3, -0.25) is 10.1 Å². The highest BCUT2D eigenvalue weighted by Gasteiger charge is 2.41. The van der Waals surface area contributed by atoms with Crippen LogP contribution in [0.1, 0.15) is 45.1 Å². The summed E-state index contributed by atoms with van der Waals surface area (Å²) in [6.45, 7) is 5.20. The summed E-state index contributed by atoms with van der Waals surface area (Å²) in [4.78, 5) is 21.2. The van der Waals surface area contributed by atoms with E-state index in [0.717, 1.165) is 0 Å². The van der Waals surface area contributed by atoms with Gasteiger partial charge in [0.25, 0.3) is 0 Å². The molecule has 1 heterocycles. The lowest BCUT2D eigenvalue weighted by molar-refractivity contribution is -0.482. The van der Waals surface area contributed by atoms with Crippen molar-refractivity contribution in [3.63, 3.8) is 0 Å². The lowest BCUT2D eigenvalue weighted by atomic mass is 9.62. The number of nitrogens with zero attached hydrogens (tertiary/aromatic N) is 1. The molecule has 0 radical (unpaired) electrons. The van der Waals surface area contributed by atoms with E-state index in [1.54, 1.807) is 12.1 Å². The Labute approximate surface area is 169 Å². The molecule has 0 aliphatic carbocycles. The first-order valence-corrected chi connectivity index (χ1v) is 9.64. The van der Waals surface area contributed by atoms with Gasteiger partial charge in [-0.25, -0.2) is 4.79 Å². The van der Waals surface area contributed by atoms with Crippen LogP contribution in [0.5, 0.6) is 5.75 Å². The van der Waals surface area contributed by atoms with E-state index in [2.05, 4.69) is 5.32 Å². The fourth-order valence-corrected chi connectivity index (χ4v) is 3.93. The second-order valence-corrected chi connectivity index (χ2v) is 8.59. The minimum Gasteiger partial charge on any atom is -0.490 e. The van der Waals surface area contributed by atoms with Gasteiger partial charge in [-0.05, 0) is 47.7 Å². The summed E-state index contributed by atoms with van der Waals surface area (Å²) in [6, 6.07) is 3.33. The Kier molecular flexibility index (Phi) is 7.17. The van der Waals surface area contributed by atoms with E-state index in [0.29, 0.717) is 41.2 Å². The third-order valence-corrected chi connectivity index (χ3v) is 5.30. The molecule has 0 saturated carbocycles. The van der Waals surface area contributed by atoms with Crippen molar-refractivity contribution >= 4 is 30.1 Å². The number of nitro groups is 1. The predicted molar refractivity (Wildman–Crippen MR) is 108 cm³/mol. The highest BCUT2D eigenvalue weighted by molar-refractivity contribution is 6.69. The molecule has 0 spiro atoms. The minimum atomic E-state index is -1.07. The van der Waals surface area contributed by atoms with Gasteiger partial charge in [-0.1, -0.05) is 32.4 Å². The molecule has 1 aliphatic rings. The molecule has 2 unspecified atom stereocenters. The van der Waals surface area contributed by atoms with Gasteiger partial charge < -0.3 is 20.2 Å². The fraction of sp³-hybridized carbons (Fsp3) is 0.611. The van der Waals surface area contributed by atoms with Crippen LogP contribution in [0.25, 0.3) is 0 Å². The number of carboxylic acid groups (broad SMARTS) is 1. The molecular formula is C18H26BClN2O6. The van der Waals surface area contributed by atoms with E-state index in [-0.39, 0.29) is 24.4 Å². The molecule has 8 nitrogen and oxygen atoms in total. The number of halogens is 1. The first-order valence-electron chi connectivity index (χ1n) is 9.26. The number of fused-ring (bicyclic) bond motifs is 1. The molecule has 1 aliphatic heterocycles. The maximum absolute atomic E-state index is 11.0. The second kappa shape index (κ2) is 9.00. The van der Waals surface area contributed by atoms with E-state index >= 15 is 0 Å². The smallest absolute Gasteiger partial charge is 0.404 e. The average Bonchev–Trinajstić information content (AvgIpc) is 2.87. The van der Waals surface area contributed by atoms with Gasteiger partial charge >= 0.3 is 13.0 Å². The summed E-state index contributed by atoms with van der Waals surface area (Å²) in [7, 11) is 0. The monoisotopic (exact) mass is 412 g/mol. The number of amides is 1. The number of hydrogen-bond donors (Lipinski definition) is 3. The van der Waals surface area contributed by atoms with Gasteiger partial charge in [0, 0.05) is 22.4 Å². The van der Waals surface area contributed by atoms with E-state index in [9.17, 15) is 19.9 Å². The third kappa shape index (κ3) is 5.51. The van der Waals surface area contributed by atoms with Gasteiger partial charge in [0.2, 0.25) is 6.54 Å². The van der Waals surface area contributed by atoms with Crippen molar-refractivity contribution in [1.29, 1.82) is 0 Å². The van der Waals surface area contributed by atoms with E-state index < -0.39 is 23.9 Å². The summed E-state index contributed by atoms with van der Waals surface area (Å²) < 4.78 is 6.24. The van der Waals surface area contributed by atoms with Crippen molar-refractivity contribution in [1.82, 2.24) is 5.32 Å². The number of rotatable bonds is 8. The van der Waals surface area contributed by atoms with Crippen LogP contribution in [0.3, 0.4) is 0 Å². The summed E-state index contributed by atoms with van der Waals surface area (Å²) in [5.41, 5.74) is 0.875. The fourth-order valence-electron chi connectivity index (χ4n) is 3.61. The maximum Gasteiger partial charge on any atom is 0.404 e. The molecule has 3 N–H and O–H groups in total. The van der Waals surface area contributed by atoms with Crippen molar-refractivity contribution in [2.24, 2.45) is 5.41 Å². The Balaban J connectivity index is 2.25. The van der Waals surface area contributed by atoms with Gasteiger partial charge in [0.1, 0.15) is 11.9 Å². The first-order chi connectivity index (χ1) is 13.0. The van der Waals surface area contributed by atoms with E-state index in [4.69, 9.17) is 21.4 Å². The normalized spacial score (nSPS) is 17.2. The summed E-state index contributed by atoms with van der Waals surface area (Å²) >= 11 is 6.29. The average molecular weight is 413 g/mol. The Morgan fingerprint density at radius 2 is 2.18 bits per heavy atom. The molecule has 0 aromatic heterocycles. The summed E-state index contributed by atoms with van der Waals surface area (Å²) in [6.07, 6.45) is 0.129. The Hall–Kier alpha value is -2.00. The van der Waals surface area contributed by atoms with Crippen LogP contribution < -0.4 is 15.5 Å². The molecule has 0 saturated heterocycles. The third-order valence-electron chi connectivity index (χ3n) is 4.97. The number of nitrogens with one attached hydrogen (secondary N) is 1. The lowest BCUT2D eigenvalue weighted by Crippen LogP contribution is -2.37. The number of hydrogen-bond acceptors (Lipinski definition) is 5. The number of benzene rings is 1. The molecule has 28 heavy (non-hydrogen) atoms. The SMILES string of the molecule is CC(C)(C)C(CCCNC(=O)O)Oc1ccc(Cl)c2c1B(O)CC2C[N+](=O)[O-]. The standard InChI is InChI=1S/C18H26BClN2O6/c1-18(2,3)14(5-4-8-21-17(23)24)28-13-7-6-12(20)15-11(10-22(26)27)9-19(25)16(13)15/h6-7,11,14,21,25H,4-5,8-10H2,1-3H3,(H,23,24). The molecular weight excluding hydrogens is 386 g/mol. The minimum absolute atomic E-state index is 0.235. The quantitative estimate of drug-likeness (QED) is 0.261. The van der Waals surface area contributed by atoms with E-state index in [1.165, 1.54) is 0 Å². The van der Waals surface area contributed by atoms with Crippen molar-refractivity contribution in [3.8, 4) is 5.75 Å². The first kappa shape index (κ1) is 22.3. The van der Waals surface area contributed by atoms with Crippen LogP contribution in [0, 0.1) is 15.5 Å². The molecule has 1 aromatic rings. The zero-order valence-corrected chi connectivity index (χ0v) is 17.0. The molecule has 0 fully saturated rings. The molecule has 0 bridgehead atoms. The molecule has 154 valence electrons. The van der Waals surface area contributed by atoms with Crippen LogP contribution in [-0.4, -0.2) is 47.3 Å². The zero-order valence-electron chi connectivity index (χ0n) is 16.3. The van der Waals surface area contributed by atoms with Crippen molar-refractivity contribution < 1.29 is 24.6 Å². The summed E-state index contributed by atoms with van der Waals surface area (Å²) in [5, 5.41) is 32.9. The van der Waals surface area contributed by atoms with Gasteiger partial charge in [-0.2, -0.15) is 0 Å². The summed E-state index contributed by atoms with van der Waals surface area (Å²) in [5.74, 6) is 0.0211. The van der Waals surface area contributed by atoms with Crippen molar-refractivity contribution in [2.75, 3.05) is 13.1 Å². The van der Waals surface area contributed by atoms with E-state index in [1.807, 2.05) is 20.8 Å². The van der Waals surface area contributed by atoms with Gasteiger partial charge in [0.05, 0.1) is 0 Å². The highest BCUT2D eigenvalue weighted by Crippen LogP contribution is 2.37. The van der Waals surface area contributed by atoms with Gasteiger partial charge in [-0.15, -0.1) is 0 Å². The van der Waals surface area contributed by atoms with Crippen LogP contribution in [0.4, 0.5) is 4.79 Å². The molecule has 2 rings (SSSR count). The molecule has 1 aromatic carbocycles. The van der Waals surface area contributed by atoms with Crippen LogP contribution >= 0.6 is 11.6 Å². The van der Waals surface area contributed by atoms with Crippen molar-refractivity contribution in [2.45, 2.75) is 52.0 Å². The number of ether oxygens (including phenoxy) is 1. The Morgan fingerprint density at radius 3 is 2.75 bits per heavy atom. The van der Waals surface area contributed by atoms with Crippen LogP contribution in [-0.2, 0) is 0 Å². The molecule has 1 amide bonds. The molecule has 10 heteroatoms. The van der Waals surface area contributed by atoms with Crippen LogP contribution in [0.2, 0.25) is 11.3 Å².